The topological polar surface area (TPSA) is 47.3 Å². The Labute approximate surface area is 113 Å². The van der Waals surface area contributed by atoms with Crippen molar-refractivity contribution in [2.24, 2.45) is 0 Å². The fourth-order valence-corrected chi connectivity index (χ4v) is 1.74. The SMILES string of the molecule is COc1cccc(C(O)Cn2cc(C(F)(F)F)cn2)c1. The molecular formula is C13H13F3N2O2. The summed E-state index contributed by atoms with van der Waals surface area (Å²) in [5.74, 6) is 0.568. The molecule has 1 aromatic carbocycles. The zero-order valence-corrected chi connectivity index (χ0v) is 10.6. The number of hydrogen-bond acceptors (Lipinski definition) is 3. The van der Waals surface area contributed by atoms with Gasteiger partial charge >= 0.3 is 6.18 Å². The van der Waals surface area contributed by atoms with Gasteiger partial charge in [0, 0.05) is 6.20 Å². The second kappa shape index (κ2) is 5.54. The van der Waals surface area contributed by atoms with Gasteiger partial charge in [0.15, 0.2) is 0 Å². The lowest BCUT2D eigenvalue weighted by molar-refractivity contribution is -0.137. The molecule has 0 amide bonds. The van der Waals surface area contributed by atoms with Crippen molar-refractivity contribution in [1.29, 1.82) is 0 Å². The number of methoxy groups -OCH3 is 1. The van der Waals surface area contributed by atoms with E-state index in [9.17, 15) is 18.3 Å². The number of aliphatic hydroxyl groups is 1. The molecule has 20 heavy (non-hydrogen) atoms. The van der Waals surface area contributed by atoms with E-state index in [2.05, 4.69) is 5.10 Å². The van der Waals surface area contributed by atoms with Gasteiger partial charge in [0.1, 0.15) is 5.75 Å². The van der Waals surface area contributed by atoms with E-state index in [1.165, 1.54) is 7.11 Å². The fraction of sp³-hybridized carbons (Fsp3) is 0.308. The maximum Gasteiger partial charge on any atom is 0.419 e. The van der Waals surface area contributed by atoms with Gasteiger partial charge in [0.05, 0.1) is 31.5 Å². The van der Waals surface area contributed by atoms with E-state index in [-0.39, 0.29) is 6.54 Å². The van der Waals surface area contributed by atoms with E-state index in [4.69, 9.17) is 4.74 Å². The minimum atomic E-state index is -4.43. The van der Waals surface area contributed by atoms with E-state index in [0.717, 1.165) is 17.1 Å². The lowest BCUT2D eigenvalue weighted by atomic mass is 10.1. The largest absolute Gasteiger partial charge is 0.497 e. The monoisotopic (exact) mass is 286 g/mol. The van der Waals surface area contributed by atoms with Crippen LogP contribution in [0.5, 0.6) is 5.75 Å². The van der Waals surface area contributed by atoms with Crippen molar-refractivity contribution in [2.75, 3.05) is 7.11 Å². The number of aromatic nitrogens is 2. The van der Waals surface area contributed by atoms with Crippen molar-refractivity contribution in [2.45, 2.75) is 18.8 Å². The summed E-state index contributed by atoms with van der Waals surface area (Å²) in [4.78, 5) is 0. The lowest BCUT2D eigenvalue weighted by Crippen LogP contribution is -2.09. The van der Waals surface area contributed by atoms with Gasteiger partial charge in [-0.3, -0.25) is 4.68 Å². The fourth-order valence-electron chi connectivity index (χ4n) is 1.74. The number of benzene rings is 1. The van der Waals surface area contributed by atoms with Crippen LogP contribution in [0.25, 0.3) is 0 Å². The highest BCUT2D eigenvalue weighted by molar-refractivity contribution is 5.29. The van der Waals surface area contributed by atoms with E-state index >= 15 is 0 Å². The van der Waals surface area contributed by atoms with Crippen molar-refractivity contribution >= 4 is 0 Å². The first-order valence-electron chi connectivity index (χ1n) is 5.82. The second-order valence-electron chi connectivity index (χ2n) is 4.24. The second-order valence-corrected chi connectivity index (χ2v) is 4.24. The van der Waals surface area contributed by atoms with Crippen LogP contribution in [0.1, 0.15) is 17.2 Å². The molecule has 0 aliphatic carbocycles. The summed E-state index contributed by atoms with van der Waals surface area (Å²) in [6.45, 7) is -0.0662. The molecule has 0 aliphatic heterocycles. The Morgan fingerprint density at radius 1 is 1.40 bits per heavy atom. The smallest absolute Gasteiger partial charge is 0.419 e. The van der Waals surface area contributed by atoms with Crippen LogP contribution in [0.2, 0.25) is 0 Å². The maximum absolute atomic E-state index is 12.4. The van der Waals surface area contributed by atoms with Crippen LogP contribution in [0.3, 0.4) is 0 Å². The zero-order chi connectivity index (χ0) is 14.8. The molecule has 2 rings (SSSR count). The van der Waals surface area contributed by atoms with Gasteiger partial charge in [-0.2, -0.15) is 18.3 Å². The number of rotatable bonds is 4. The van der Waals surface area contributed by atoms with Crippen LogP contribution in [-0.4, -0.2) is 22.0 Å². The summed E-state index contributed by atoms with van der Waals surface area (Å²) in [6, 6.07) is 6.70. The maximum atomic E-state index is 12.4. The number of ether oxygens (including phenoxy) is 1. The third kappa shape index (κ3) is 3.30. The van der Waals surface area contributed by atoms with Crippen LogP contribution in [-0.2, 0) is 12.7 Å². The van der Waals surface area contributed by atoms with Crippen molar-refractivity contribution in [3.05, 3.63) is 47.8 Å². The highest BCUT2D eigenvalue weighted by Gasteiger charge is 2.32. The van der Waals surface area contributed by atoms with Crippen LogP contribution >= 0.6 is 0 Å². The number of halogens is 3. The first-order valence-corrected chi connectivity index (χ1v) is 5.82. The molecule has 0 bridgehead atoms. The standard InChI is InChI=1S/C13H13F3N2O2/c1-20-11-4-2-3-9(5-11)12(19)8-18-7-10(6-17-18)13(14,15)16/h2-7,12,19H,8H2,1H3. The molecule has 1 N–H and O–H groups in total. The summed E-state index contributed by atoms with van der Waals surface area (Å²) < 4.78 is 43.4. The minimum absolute atomic E-state index is 0.0662. The molecule has 0 radical (unpaired) electrons. The van der Waals surface area contributed by atoms with Gasteiger partial charge in [0.2, 0.25) is 0 Å². The molecule has 1 aromatic heterocycles. The molecule has 1 heterocycles. The van der Waals surface area contributed by atoms with Crippen molar-refractivity contribution < 1.29 is 23.0 Å². The molecule has 0 saturated heterocycles. The van der Waals surface area contributed by atoms with Gasteiger partial charge in [-0.1, -0.05) is 12.1 Å². The Bertz CT molecular complexity index is 581. The summed E-state index contributed by atoms with van der Waals surface area (Å²) in [7, 11) is 1.49. The molecule has 0 spiro atoms. The van der Waals surface area contributed by atoms with Crippen LogP contribution in [0, 0.1) is 0 Å². The molecule has 4 nitrogen and oxygen atoms in total. The Balaban J connectivity index is 2.11. The Hall–Kier alpha value is -2.02. The van der Waals surface area contributed by atoms with Crippen LogP contribution in [0.15, 0.2) is 36.7 Å². The molecule has 7 heteroatoms. The molecule has 108 valence electrons. The lowest BCUT2D eigenvalue weighted by Gasteiger charge is -2.12. The molecule has 1 atom stereocenters. The van der Waals surface area contributed by atoms with E-state index < -0.39 is 17.8 Å². The van der Waals surface area contributed by atoms with Gasteiger partial charge in [0.25, 0.3) is 0 Å². The zero-order valence-electron chi connectivity index (χ0n) is 10.6. The molecular weight excluding hydrogens is 273 g/mol. The van der Waals surface area contributed by atoms with Crippen molar-refractivity contribution in [3.63, 3.8) is 0 Å². The summed E-state index contributed by atoms with van der Waals surface area (Å²) in [5, 5.41) is 13.6. The Morgan fingerprint density at radius 3 is 2.75 bits per heavy atom. The molecule has 1 unspecified atom stereocenters. The van der Waals surface area contributed by atoms with E-state index in [1.807, 2.05) is 0 Å². The molecule has 0 saturated carbocycles. The summed E-state index contributed by atoms with van der Waals surface area (Å²) in [5.41, 5.74) is -0.288. The average Bonchev–Trinajstić information content (AvgIpc) is 2.87. The van der Waals surface area contributed by atoms with E-state index in [1.54, 1.807) is 24.3 Å². The third-order valence-corrected chi connectivity index (χ3v) is 2.80. The highest BCUT2D eigenvalue weighted by Crippen LogP contribution is 2.29. The van der Waals surface area contributed by atoms with Gasteiger partial charge in [-0.15, -0.1) is 0 Å². The van der Waals surface area contributed by atoms with Gasteiger partial charge < -0.3 is 9.84 Å². The summed E-state index contributed by atoms with van der Waals surface area (Å²) in [6.07, 6.45) is -3.80. The van der Waals surface area contributed by atoms with Crippen molar-refractivity contribution in [1.82, 2.24) is 9.78 Å². The van der Waals surface area contributed by atoms with Gasteiger partial charge in [-0.05, 0) is 17.7 Å². The first-order chi connectivity index (χ1) is 9.40. The molecule has 0 fully saturated rings. The average molecular weight is 286 g/mol. The third-order valence-electron chi connectivity index (χ3n) is 2.80. The number of hydrogen-bond donors (Lipinski definition) is 1. The number of nitrogens with zero attached hydrogens (tertiary/aromatic N) is 2. The number of alkyl halides is 3. The quantitative estimate of drug-likeness (QED) is 0.940. The van der Waals surface area contributed by atoms with Crippen LogP contribution in [0.4, 0.5) is 13.2 Å². The Kier molecular flexibility index (Phi) is 3.99. The predicted octanol–water partition coefficient (Wildman–Crippen LogP) is 2.64. The normalized spacial score (nSPS) is 13.2. The van der Waals surface area contributed by atoms with Crippen LogP contribution < -0.4 is 4.74 Å². The van der Waals surface area contributed by atoms with E-state index in [0.29, 0.717) is 11.3 Å². The summed E-state index contributed by atoms with van der Waals surface area (Å²) >= 11 is 0. The number of aliphatic hydroxyl groups excluding tert-OH is 1. The minimum Gasteiger partial charge on any atom is -0.497 e. The highest BCUT2D eigenvalue weighted by atomic mass is 19.4. The predicted molar refractivity (Wildman–Crippen MR) is 65.2 cm³/mol. The molecule has 0 aliphatic rings. The first kappa shape index (κ1) is 14.4. The van der Waals surface area contributed by atoms with Gasteiger partial charge in [-0.25, -0.2) is 0 Å². The molecule has 2 aromatic rings. The Morgan fingerprint density at radius 2 is 2.15 bits per heavy atom. The van der Waals surface area contributed by atoms with Crippen molar-refractivity contribution in [3.8, 4) is 5.75 Å².